The normalized spacial score (nSPS) is 12.2. The predicted octanol–water partition coefficient (Wildman–Crippen LogP) is 3.82. The van der Waals surface area contributed by atoms with Gasteiger partial charge in [-0.05, 0) is 31.0 Å². The Morgan fingerprint density at radius 2 is 1.85 bits per heavy atom. The van der Waals surface area contributed by atoms with Crippen LogP contribution in [0, 0.1) is 12.7 Å². The van der Waals surface area contributed by atoms with Gasteiger partial charge in [-0.3, -0.25) is 0 Å². The Hall–Kier alpha value is -1.87. The number of benzene rings is 2. The number of rotatable bonds is 4. The van der Waals surface area contributed by atoms with E-state index in [9.17, 15) is 9.50 Å². The summed E-state index contributed by atoms with van der Waals surface area (Å²) in [6.45, 7) is 4.30. The number of hydrogen-bond donors (Lipinski definition) is 1. The SMILES string of the molecule is Cc1ccccc1CN(C)c1c(F)cccc1[C@H](C)O. The second-order valence-electron chi connectivity index (χ2n) is 5.14. The molecular weight excluding hydrogens is 253 g/mol. The van der Waals surface area contributed by atoms with Crippen LogP contribution in [0.4, 0.5) is 10.1 Å². The van der Waals surface area contributed by atoms with Gasteiger partial charge in [0.2, 0.25) is 0 Å². The van der Waals surface area contributed by atoms with E-state index in [0.717, 1.165) is 5.56 Å². The average Bonchev–Trinajstić information content (AvgIpc) is 2.40. The highest BCUT2D eigenvalue weighted by Gasteiger charge is 2.16. The Kier molecular flexibility index (Phi) is 4.40. The number of aryl methyl sites for hydroxylation is 1. The summed E-state index contributed by atoms with van der Waals surface area (Å²) in [4.78, 5) is 1.85. The molecule has 3 heteroatoms. The van der Waals surface area contributed by atoms with Gasteiger partial charge < -0.3 is 10.0 Å². The Morgan fingerprint density at radius 1 is 1.15 bits per heavy atom. The maximum Gasteiger partial charge on any atom is 0.146 e. The molecule has 0 aliphatic heterocycles. The topological polar surface area (TPSA) is 23.5 Å². The molecule has 2 rings (SSSR count). The van der Waals surface area contributed by atoms with Gasteiger partial charge in [0.05, 0.1) is 11.8 Å². The van der Waals surface area contributed by atoms with Gasteiger partial charge in [-0.25, -0.2) is 4.39 Å². The Balaban J connectivity index is 2.34. The zero-order valence-corrected chi connectivity index (χ0v) is 12.1. The van der Waals surface area contributed by atoms with E-state index >= 15 is 0 Å². The lowest BCUT2D eigenvalue weighted by Crippen LogP contribution is -2.20. The minimum Gasteiger partial charge on any atom is -0.389 e. The van der Waals surface area contributed by atoms with E-state index in [1.165, 1.54) is 11.6 Å². The van der Waals surface area contributed by atoms with Gasteiger partial charge in [0, 0.05) is 19.2 Å². The number of hydrogen-bond acceptors (Lipinski definition) is 2. The van der Waals surface area contributed by atoms with Crippen LogP contribution in [0.2, 0.25) is 0 Å². The molecule has 0 aliphatic carbocycles. The number of nitrogens with zero attached hydrogens (tertiary/aromatic N) is 1. The van der Waals surface area contributed by atoms with Crippen molar-refractivity contribution in [1.82, 2.24) is 0 Å². The first-order valence-corrected chi connectivity index (χ1v) is 6.73. The van der Waals surface area contributed by atoms with Crippen LogP contribution in [0.1, 0.15) is 29.7 Å². The van der Waals surface area contributed by atoms with Crippen LogP contribution in [0.15, 0.2) is 42.5 Å². The Labute approximate surface area is 119 Å². The van der Waals surface area contributed by atoms with Gasteiger partial charge in [-0.2, -0.15) is 0 Å². The van der Waals surface area contributed by atoms with Crippen LogP contribution in [-0.2, 0) is 6.54 Å². The first-order chi connectivity index (χ1) is 9.50. The second-order valence-corrected chi connectivity index (χ2v) is 5.14. The monoisotopic (exact) mass is 273 g/mol. The highest BCUT2D eigenvalue weighted by Crippen LogP contribution is 2.29. The maximum absolute atomic E-state index is 14.1. The number of para-hydroxylation sites is 1. The third-order valence-corrected chi connectivity index (χ3v) is 3.52. The summed E-state index contributed by atoms with van der Waals surface area (Å²) in [6.07, 6.45) is -0.694. The summed E-state index contributed by atoms with van der Waals surface area (Å²) in [5.74, 6) is -0.306. The standard InChI is InChI=1S/C17H20FNO/c1-12-7-4-5-8-14(12)11-19(3)17-15(13(2)20)9-6-10-16(17)18/h4-10,13,20H,11H2,1-3H3/t13-/m0/s1. The molecule has 0 spiro atoms. The quantitative estimate of drug-likeness (QED) is 0.915. The third-order valence-electron chi connectivity index (χ3n) is 3.52. The van der Waals surface area contributed by atoms with Gasteiger partial charge in [0.1, 0.15) is 5.82 Å². The lowest BCUT2D eigenvalue weighted by molar-refractivity contribution is 0.199. The predicted molar refractivity (Wildman–Crippen MR) is 80.3 cm³/mol. The molecule has 0 unspecified atom stereocenters. The van der Waals surface area contributed by atoms with E-state index in [-0.39, 0.29) is 5.82 Å². The highest BCUT2D eigenvalue weighted by molar-refractivity contribution is 5.55. The molecule has 20 heavy (non-hydrogen) atoms. The summed E-state index contributed by atoms with van der Waals surface area (Å²) in [7, 11) is 1.84. The largest absolute Gasteiger partial charge is 0.389 e. The molecule has 0 aromatic heterocycles. The van der Waals surface area contributed by atoms with Crippen molar-refractivity contribution >= 4 is 5.69 Å². The Morgan fingerprint density at radius 3 is 2.50 bits per heavy atom. The maximum atomic E-state index is 14.1. The first-order valence-electron chi connectivity index (χ1n) is 6.73. The molecule has 0 radical (unpaired) electrons. The van der Waals surface area contributed by atoms with E-state index in [1.807, 2.05) is 43.1 Å². The molecule has 0 bridgehead atoms. The van der Waals surface area contributed by atoms with Gasteiger partial charge in [-0.15, -0.1) is 0 Å². The van der Waals surface area contributed by atoms with Crippen molar-refractivity contribution in [3.8, 4) is 0 Å². The molecule has 0 aliphatic rings. The minimum atomic E-state index is -0.694. The molecule has 2 aromatic rings. The van der Waals surface area contributed by atoms with Crippen LogP contribution in [0.5, 0.6) is 0 Å². The number of anilines is 1. The molecule has 2 aromatic carbocycles. The van der Waals surface area contributed by atoms with E-state index < -0.39 is 6.10 Å². The van der Waals surface area contributed by atoms with Crippen molar-refractivity contribution in [2.75, 3.05) is 11.9 Å². The summed E-state index contributed by atoms with van der Waals surface area (Å²) in [6, 6.07) is 12.9. The van der Waals surface area contributed by atoms with Gasteiger partial charge in [-0.1, -0.05) is 36.4 Å². The lowest BCUT2D eigenvalue weighted by Gasteiger charge is -2.25. The van der Waals surface area contributed by atoms with Crippen LogP contribution >= 0.6 is 0 Å². The van der Waals surface area contributed by atoms with Gasteiger partial charge in [0.25, 0.3) is 0 Å². The first kappa shape index (κ1) is 14.5. The smallest absolute Gasteiger partial charge is 0.146 e. The minimum absolute atomic E-state index is 0.306. The van der Waals surface area contributed by atoms with E-state index in [0.29, 0.717) is 17.8 Å². The van der Waals surface area contributed by atoms with Gasteiger partial charge in [0.15, 0.2) is 0 Å². The molecule has 1 atom stereocenters. The van der Waals surface area contributed by atoms with Gasteiger partial charge >= 0.3 is 0 Å². The summed E-state index contributed by atoms with van der Waals surface area (Å²) >= 11 is 0. The molecule has 106 valence electrons. The molecule has 2 nitrogen and oxygen atoms in total. The average molecular weight is 273 g/mol. The summed E-state index contributed by atoms with van der Waals surface area (Å²) in [5, 5.41) is 9.81. The number of aliphatic hydroxyl groups excluding tert-OH is 1. The molecule has 0 saturated heterocycles. The van der Waals surface area contributed by atoms with Crippen LogP contribution < -0.4 is 4.90 Å². The third kappa shape index (κ3) is 2.99. The van der Waals surface area contributed by atoms with Crippen molar-refractivity contribution < 1.29 is 9.50 Å². The highest BCUT2D eigenvalue weighted by atomic mass is 19.1. The zero-order chi connectivity index (χ0) is 14.7. The van der Waals surface area contributed by atoms with Crippen molar-refractivity contribution in [2.45, 2.75) is 26.5 Å². The van der Waals surface area contributed by atoms with E-state index in [2.05, 4.69) is 0 Å². The Bertz CT molecular complexity index is 595. The van der Waals surface area contributed by atoms with Crippen LogP contribution in [0.25, 0.3) is 0 Å². The fourth-order valence-electron chi connectivity index (χ4n) is 2.39. The lowest BCUT2D eigenvalue weighted by atomic mass is 10.0. The zero-order valence-electron chi connectivity index (χ0n) is 12.1. The molecular formula is C17H20FNO. The van der Waals surface area contributed by atoms with Crippen LogP contribution in [-0.4, -0.2) is 12.2 Å². The molecule has 0 saturated carbocycles. The van der Waals surface area contributed by atoms with E-state index in [1.54, 1.807) is 19.1 Å². The van der Waals surface area contributed by atoms with Crippen molar-refractivity contribution in [3.05, 3.63) is 65.0 Å². The fourth-order valence-corrected chi connectivity index (χ4v) is 2.39. The molecule has 1 N–H and O–H groups in total. The van der Waals surface area contributed by atoms with Crippen molar-refractivity contribution in [1.29, 1.82) is 0 Å². The van der Waals surface area contributed by atoms with Crippen LogP contribution in [0.3, 0.4) is 0 Å². The molecule has 0 amide bonds. The second kappa shape index (κ2) is 6.06. The molecule has 0 heterocycles. The number of aliphatic hydroxyl groups is 1. The number of halogens is 1. The summed E-state index contributed by atoms with van der Waals surface area (Å²) < 4.78 is 14.1. The van der Waals surface area contributed by atoms with E-state index in [4.69, 9.17) is 0 Å². The summed E-state index contributed by atoms with van der Waals surface area (Å²) in [5.41, 5.74) is 3.40. The van der Waals surface area contributed by atoms with Crippen molar-refractivity contribution in [3.63, 3.8) is 0 Å². The van der Waals surface area contributed by atoms with Crippen molar-refractivity contribution in [2.24, 2.45) is 0 Å². The fraction of sp³-hybridized carbons (Fsp3) is 0.294. The molecule has 0 fully saturated rings.